The number of rotatable bonds is 3. The van der Waals surface area contributed by atoms with E-state index in [4.69, 9.17) is 0 Å². The third-order valence-electron chi connectivity index (χ3n) is 3.08. The topological polar surface area (TPSA) is 0 Å². The molecule has 1 aromatic carbocycles. The van der Waals surface area contributed by atoms with E-state index >= 15 is 0 Å². The summed E-state index contributed by atoms with van der Waals surface area (Å²) >= 11 is 0. The number of benzene rings is 1. The van der Waals surface area contributed by atoms with Gasteiger partial charge in [-0.05, 0) is 24.0 Å². The first-order valence-corrected chi connectivity index (χ1v) is 9.51. The van der Waals surface area contributed by atoms with Crippen molar-refractivity contribution >= 4 is 8.07 Å². The Morgan fingerprint density at radius 2 is 1.69 bits per heavy atom. The van der Waals surface area contributed by atoms with Gasteiger partial charge in [-0.2, -0.15) is 0 Å². The standard InChI is InChI=1S/C15H20Si/c1-16(2,3)15-11-7-10-14(15)12-13-8-5-4-6-9-13/h4-6,8-11H,7,12H2,1-3H3. The molecule has 0 aliphatic heterocycles. The Labute approximate surface area is 99.7 Å². The quantitative estimate of drug-likeness (QED) is 0.674. The summed E-state index contributed by atoms with van der Waals surface area (Å²) in [6, 6.07) is 10.8. The molecule has 0 saturated carbocycles. The SMILES string of the molecule is C[Si](C)(C)C1=CCC=C1Cc1ccccc1. The maximum Gasteiger partial charge on any atom is 0.0775 e. The second-order valence-electron chi connectivity index (χ2n) is 5.50. The van der Waals surface area contributed by atoms with Crippen LogP contribution >= 0.6 is 0 Å². The third kappa shape index (κ3) is 2.53. The number of allylic oxidation sites excluding steroid dienone is 4. The molecule has 0 N–H and O–H groups in total. The lowest BCUT2D eigenvalue weighted by molar-refractivity contribution is 1.18. The van der Waals surface area contributed by atoms with Crippen molar-refractivity contribution in [1.29, 1.82) is 0 Å². The van der Waals surface area contributed by atoms with Crippen molar-refractivity contribution in [3.63, 3.8) is 0 Å². The van der Waals surface area contributed by atoms with Crippen LogP contribution in [0.25, 0.3) is 0 Å². The average molecular weight is 228 g/mol. The van der Waals surface area contributed by atoms with E-state index in [9.17, 15) is 0 Å². The first-order valence-electron chi connectivity index (χ1n) is 6.01. The normalized spacial score (nSPS) is 15.9. The van der Waals surface area contributed by atoms with Gasteiger partial charge in [0.05, 0.1) is 8.07 Å². The van der Waals surface area contributed by atoms with E-state index in [1.165, 1.54) is 5.56 Å². The summed E-state index contributed by atoms with van der Waals surface area (Å²) in [5, 5.41) is 1.66. The van der Waals surface area contributed by atoms with Crippen LogP contribution in [0.3, 0.4) is 0 Å². The first kappa shape index (κ1) is 11.4. The van der Waals surface area contributed by atoms with E-state index in [2.05, 4.69) is 62.1 Å². The molecular formula is C15H20Si. The molecule has 0 fully saturated rings. The summed E-state index contributed by atoms with van der Waals surface area (Å²) < 4.78 is 0. The highest BCUT2D eigenvalue weighted by Gasteiger charge is 2.24. The molecule has 84 valence electrons. The van der Waals surface area contributed by atoms with Gasteiger partial charge in [0.15, 0.2) is 0 Å². The third-order valence-corrected chi connectivity index (χ3v) is 5.22. The van der Waals surface area contributed by atoms with Crippen LogP contribution in [0.5, 0.6) is 0 Å². The second kappa shape index (κ2) is 4.42. The number of hydrogen-bond donors (Lipinski definition) is 0. The van der Waals surface area contributed by atoms with E-state index in [1.54, 1.807) is 10.8 Å². The van der Waals surface area contributed by atoms with E-state index in [0.29, 0.717) is 0 Å². The smallest absolute Gasteiger partial charge is 0.0775 e. The van der Waals surface area contributed by atoms with E-state index in [0.717, 1.165) is 12.8 Å². The minimum absolute atomic E-state index is 1.11. The Kier molecular flexibility index (Phi) is 3.15. The maximum atomic E-state index is 2.44. The molecule has 0 amide bonds. The fourth-order valence-electron chi connectivity index (χ4n) is 2.33. The van der Waals surface area contributed by atoms with Crippen LogP contribution in [0, 0.1) is 0 Å². The van der Waals surface area contributed by atoms with Crippen LogP contribution in [0.4, 0.5) is 0 Å². The van der Waals surface area contributed by atoms with Gasteiger partial charge in [-0.15, -0.1) is 0 Å². The van der Waals surface area contributed by atoms with Gasteiger partial charge in [-0.25, -0.2) is 0 Å². The molecule has 0 atom stereocenters. The predicted molar refractivity (Wildman–Crippen MR) is 74.3 cm³/mol. The maximum absolute atomic E-state index is 2.44. The highest BCUT2D eigenvalue weighted by Crippen LogP contribution is 2.30. The lowest BCUT2D eigenvalue weighted by Crippen LogP contribution is -2.24. The zero-order valence-corrected chi connectivity index (χ0v) is 11.5. The van der Waals surface area contributed by atoms with Crippen molar-refractivity contribution in [2.75, 3.05) is 0 Å². The minimum atomic E-state index is -1.15. The molecule has 0 bridgehead atoms. The van der Waals surface area contributed by atoms with Crippen LogP contribution < -0.4 is 0 Å². The second-order valence-corrected chi connectivity index (χ2v) is 10.5. The molecule has 1 aliphatic carbocycles. The monoisotopic (exact) mass is 228 g/mol. The highest BCUT2D eigenvalue weighted by molar-refractivity contribution is 6.84. The molecule has 1 aromatic rings. The van der Waals surface area contributed by atoms with Gasteiger partial charge in [-0.3, -0.25) is 0 Å². The molecule has 0 heterocycles. The highest BCUT2D eigenvalue weighted by atomic mass is 28.3. The van der Waals surface area contributed by atoms with Gasteiger partial charge in [0, 0.05) is 0 Å². The summed E-state index contributed by atoms with van der Waals surface area (Å²) in [6.45, 7) is 7.30. The molecule has 0 aromatic heterocycles. The molecule has 0 spiro atoms. The van der Waals surface area contributed by atoms with Gasteiger partial charge in [0.25, 0.3) is 0 Å². The average Bonchev–Trinajstić information content (AvgIpc) is 2.67. The fraction of sp³-hybridized carbons (Fsp3) is 0.333. The molecule has 0 radical (unpaired) electrons. The van der Waals surface area contributed by atoms with Gasteiger partial charge >= 0.3 is 0 Å². The molecular weight excluding hydrogens is 208 g/mol. The van der Waals surface area contributed by atoms with Gasteiger partial charge < -0.3 is 0 Å². The summed E-state index contributed by atoms with van der Waals surface area (Å²) in [5.41, 5.74) is 3.00. The van der Waals surface area contributed by atoms with E-state index in [1.807, 2.05) is 0 Å². The Balaban J connectivity index is 2.16. The summed E-state index contributed by atoms with van der Waals surface area (Å²) in [7, 11) is -1.15. The van der Waals surface area contributed by atoms with Crippen LogP contribution in [-0.4, -0.2) is 8.07 Å². The van der Waals surface area contributed by atoms with Crippen molar-refractivity contribution in [2.45, 2.75) is 32.5 Å². The van der Waals surface area contributed by atoms with Crippen LogP contribution in [0.15, 0.2) is 53.3 Å². The Morgan fingerprint density at radius 1 is 1.00 bits per heavy atom. The molecule has 0 unspecified atom stereocenters. The van der Waals surface area contributed by atoms with Gasteiger partial charge in [0.2, 0.25) is 0 Å². The zero-order valence-electron chi connectivity index (χ0n) is 10.5. The van der Waals surface area contributed by atoms with Crippen molar-refractivity contribution in [3.05, 3.63) is 58.8 Å². The van der Waals surface area contributed by atoms with Gasteiger partial charge in [-0.1, -0.05) is 67.3 Å². The molecule has 1 aliphatic rings. The lowest BCUT2D eigenvalue weighted by Gasteiger charge is -2.21. The van der Waals surface area contributed by atoms with E-state index in [-0.39, 0.29) is 0 Å². The fourth-order valence-corrected chi connectivity index (χ4v) is 4.22. The van der Waals surface area contributed by atoms with Crippen molar-refractivity contribution in [1.82, 2.24) is 0 Å². The molecule has 16 heavy (non-hydrogen) atoms. The summed E-state index contributed by atoms with van der Waals surface area (Å²) in [6.07, 6.45) is 7.09. The Morgan fingerprint density at radius 3 is 2.31 bits per heavy atom. The zero-order chi connectivity index (χ0) is 11.6. The molecule has 2 rings (SSSR count). The van der Waals surface area contributed by atoms with Crippen LogP contribution in [0.1, 0.15) is 12.0 Å². The summed E-state index contributed by atoms with van der Waals surface area (Å²) in [5.74, 6) is 0. The van der Waals surface area contributed by atoms with Crippen LogP contribution in [0.2, 0.25) is 19.6 Å². The molecule has 1 heteroatoms. The Hall–Kier alpha value is -1.08. The lowest BCUT2D eigenvalue weighted by atomic mass is 10.1. The predicted octanol–water partition coefficient (Wildman–Crippen LogP) is 4.36. The van der Waals surface area contributed by atoms with Gasteiger partial charge in [0.1, 0.15) is 0 Å². The first-order chi connectivity index (χ1) is 7.57. The van der Waals surface area contributed by atoms with E-state index < -0.39 is 8.07 Å². The number of hydrogen-bond acceptors (Lipinski definition) is 0. The summed E-state index contributed by atoms with van der Waals surface area (Å²) in [4.78, 5) is 0. The Bertz CT molecular complexity index is 418. The van der Waals surface area contributed by atoms with Crippen LogP contribution in [-0.2, 0) is 6.42 Å². The largest absolute Gasteiger partial charge is 0.0812 e. The van der Waals surface area contributed by atoms with Crippen molar-refractivity contribution in [2.24, 2.45) is 0 Å². The van der Waals surface area contributed by atoms with Crippen molar-refractivity contribution in [3.8, 4) is 0 Å². The molecule has 0 saturated heterocycles. The van der Waals surface area contributed by atoms with Crippen molar-refractivity contribution < 1.29 is 0 Å². The minimum Gasteiger partial charge on any atom is -0.0812 e. The molecule has 0 nitrogen and oxygen atoms in total.